The molecule has 0 saturated heterocycles. The Labute approximate surface area is 121 Å². The van der Waals surface area contributed by atoms with Crippen molar-refractivity contribution in [2.24, 2.45) is 0 Å². The number of nitrogens with zero attached hydrogens (tertiary/aromatic N) is 1. The molecule has 4 nitrogen and oxygen atoms in total. The van der Waals surface area contributed by atoms with E-state index in [0.29, 0.717) is 22.2 Å². The third-order valence-corrected chi connectivity index (χ3v) is 2.80. The molecule has 1 aromatic heterocycles. The zero-order chi connectivity index (χ0) is 14.5. The van der Waals surface area contributed by atoms with Crippen molar-refractivity contribution in [2.45, 2.75) is 0 Å². The fraction of sp³-hybridized carbons (Fsp3) is 0.0667. The number of carbonyl (C=O) groups is 1. The molecule has 0 aliphatic rings. The number of benzene rings is 1. The van der Waals surface area contributed by atoms with Gasteiger partial charge < -0.3 is 9.47 Å². The molecule has 2 rings (SSSR count). The maximum absolute atomic E-state index is 11.3. The van der Waals surface area contributed by atoms with Crippen LogP contribution in [0.4, 0.5) is 0 Å². The van der Waals surface area contributed by atoms with E-state index in [2.05, 4.69) is 16.3 Å². The highest BCUT2D eigenvalue weighted by Crippen LogP contribution is 2.22. The molecule has 0 bridgehead atoms. The van der Waals surface area contributed by atoms with Gasteiger partial charge in [-0.25, -0.2) is 9.78 Å². The molecule has 0 unspecified atom stereocenters. The van der Waals surface area contributed by atoms with Crippen LogP contribution in [0.25, 0.3) is 5.57 Å². The van der Waals surface area contributed by atoms with Gasteiger partial charge in [0.25, 0.3) is 0 Å². The lowest BCUT2D eigenvalue weighted by molar-refractivity contribution is -0.133. The molecule has 0 fully saturated rings. The molecule has 0 amide bonds. The fourth-order valence-corrected chi connectivity index (χ4v) is 1.61. The van der Waals surface area contributed by atoms with Crippen LogP contribution in [0.2, 0.25) is 5.02 Å². The molecule has 0 N–H and O–H groups in total. The number of aromatic nitrogens is 1. The maximum atomic E-state index is 11.3. The molecule has 1 heterocycles. The van der Waals surface area contributed by atoms with Crippen molar-refractivity contribution in [3.05, 3.63) is 59.8 Å². The number of halogens is 1. The second kappa shape index (κ2) is 6.21. The van der Waals surface area contributed by atoms with Gasteiger partial charge >= 0.3 is 5.97 Å². The second-order valence-corrected chi connectivity index (χ2v) is 4.35. The number of esters is 1. The average molecular weight is 290 g/mol. The van der Waals surface area contributed by atoms with Crippen LogP contribution in [-0.4, -0.2) is 18.1 Å². The van der Waals surface area contributed by atoms with Crippen molar-refractivity contribution in [2.75, 3.05) is 7.11 Å². The van der Waals surface area contributed by atoms with Gasteiger partial charge in [-0.1, -0.05) is 18.2 Å². The van der Waals surface area contributed by atoms with E-state index in [9.17, 15) is 4.79 Å². The lowest BCUT2D eigenvalue weighted by atomic mass is 10.1. The van der Waals surface area contributed by atoms with Gasteiger partial charge in [-0.15, -0.1) is 0 Å². The molecule has 0 aliphatic carbocycles. The Kier molecular flexibility index (Phi) is 4.38. The standard InChI is InChI=1S/C15H12ClNO3/c1-10(15(18)19-2)11-3-8-14(17-9-11)20-13-6-4-12(16)5-7-13/h3-9H,1H2,2H3. The fourth-order valence-electron chi connectivity index (χ4n) is 1.48. The summed E-state index contributed by atoms with van der Waals surface area (Å²) in [6, 6.07) is 10.3. The summed E-state index contributed by atoms with van der Waals surface area (Å²) in [6.45, 7) is 3.65. The van der Waals surface area contributed by atoms with E-state index in [-0.39, 0.29) is 5.57 Å². The van der Waals surface area contributed by atoms with Crippen molar-refractivity contribution in [3.8, 4) is 11.6 Å². The van der Waals surface area contributed by atoms with Gasteiger partial charge in [0.05, 0.1) is 12.7 Å². The first-order valence-electron chi connectivity index (χ1n) is 5.77. The van der Waals surface area contributed by atoms with Crippen LogP contribution in [0.3, 0.4) is 0 Å². The molecule has 1 aromatic carbocycles. The first-order valence-corrected chi connectivity index (χ1v) is 6.15. The van der Waals surface area contributed by atoms with Crippen LogP contribution in [0.1, 0.15) is 5.56 Å². The van der Waals surface area contributed by atoms with Gasteiger partial charge in [0.15, 0.2) is 0 Å². The highest BCUT2D eigenvalue weighted by atomic mass is 35.5. The molecule has 0 saturated carbocycles. The molecule has 102 valence electrons. The van der Waals surface area contributed by atoms with Crippen molar-refractivity contribution < 1.29 is 14.3 Å². The molecule has 20 heavy (non-hydrogen) atoms. The molecule has 0 radical (unpaired) electrons. The summed E-state index contributed by atoms with van der Waals surface area (Å²) < 4.78 is 10.1. The summed E-state index contributed by atoms with van der Waals surface area (Å²) in [5, 5.41) is 0.634. The zero-order valence-corrected chi connectivity index (χ0v) is 11.6. The minimum Gasteiger partial charge on any atom is -0.465 e. The minimum atomic E-state index is -0.488. The lowest BCUT2D eigenvalue weighted by Gasteiger charge is -2.06. The van der Waals surface area contributed by atoms with Crippen molar-refractivity contribution in [1.29, 1.82) is 0 Å². The minimum absolute atomic E-state index is 0.248. The van der Waals surface area contributed by atoms with E-state index in [0.717, 1.165) is 0 Å². The first kappa shape index (κ1) is 14.1. The molecule has 0 atom stereocenters. The van der Waals surface area contributed by atoms with Gasteiger partial charge in [-0.3, -0.25) is 0 Å². The summed E-state index contributed by atoms with van der Waals surface area (Å²) in [5.74, 6) is 0.549. The summed E-state index contributed by atoms with van der Waals surface area (Å²) in [7, 11) is 1.30. The Balaban J connectivity index is 2.10. The SMILES string of the molecule is C=C(C(=O)OC)c1ccc(Oc2ccc(Cl)cc2)nc1. The van der Waals surface area contributed by atoms with Crippen LogP contribution < -0.4 is 4.74 Å². The number of rotatable bonds is 4. The van der Waals surface area contributed by atoms with Gasteiger partial charge in [0.2, 0.25) is 5.88 Å². The van der Waals surface area contributed by atoms with Crippen LogP contribution >= 0.6 is 11.6 Å². The molecular weight excluding hydrogens is 278 g/mol. The number of pyridine rings is 1. The van der Waals surface area contributed by atoms with Crippen molar-refractivity contribution in [3.63, 3.8) is 0 Å². The van der Waals surface area contributed by atoms with Gasteiger partial charge in [0, 0.05) is 22.8 Å². The average Bonchev–Trinajstić information content (AvgIpc) is 2.49. The predicted molar refractivity (Wildman–Crippen MR) is 76.8 cm³/mol. The Hall–Kier alpha value is -2.33. The summed E-state index contributed by atoms with van der Waals surface area (Å²) >= 11 is 5.79. The lowest BCUT2D eigenvalue weighted by Crippen LogP contribution is -2.02. The number of methoxy groups -OCH3 is 1. The Morgan fingerprint density at radius 3 is 2.45 bits per heavy atom. The number of ether oxygens (including phenoxy) is 2. The normalized spacial score (nSPS) is 9.90. The number of hydrogen-bond acceptors (Lipinski definition) is 4. The Bertz CT molecular complexity index is 621. The van der Waals surface area contributed by atoms with E-state index in [1.807, 2.05) is 0 Å². The van der Waals surface area contributed by atoms with Crippen LogP contribution in [0, 0.1) is 0 Å². The van der Waals surface area contributed by atoms with Crippen LogP contribution in [0.15, 0.2) is 49.2 Å². The van der Waals surface area contributed by atoms with Crippen molar-refractivity contribution in [1.82, 2.24) is 4.98 Å². The van der Waals surface area contributed by atoms with Crippen molar-refractivity contribution >= 4 is 23.1 Å². The Morgan fingerprint density at radius 2 is 1.90 bits per heavy atom. The molecule has 5 heteroatoms. The van der Waals surface area contributed by atoms with E-state index >= 15 is 0 Å². The third-order valence-electron chi connectivity index (χ3n) is 2.55. The molecule has 0 spiro atoms. The summed E-state index contributed by atoms with van der Waals surface area (Å²) in [6.07, 6.45) is 1.50. The highest BCUT2D eigenvalue weighted by molar-refractivity contribution is 6.30. The smallest absolute Gasteiger partial charge is 0.337 e. The monoisotopic (exact) mass is 289 g/mol. The zero-order valence-electron chi connectivity index (χ0n) is 10.8. The quantitative estimate of drug-likeness (QED) is 0.636. The molecule has 0 aliphatic heterocycles. The van der Waals surface area contributed by atoms with E-state index in [4.69, 9.17) is 16.3 Å². The number of hydrogen-bond donors (Lipinski definition) is 0. The summed E-state index contributed by atoms with van der Waals surface area (Å²) in [5.41, 5.74) is 0.832. The van der Waals surface area contributed by atoms with Gasteiger partial charge in [-0.2, -0.15) is 0 Å². The van der Waals surface area contributed by atoms with E-state index in [1.54, 1.807) is 36.4 Å². The first-order chi connectivity index (χ1) is 9.60. The molecular formula is C15H12ClNO3. The largest absolute Gasteiger partial charge is 0.465 e. The summed E-state index contributed by atoms with van der Waals surface area (Å²) in [4.78, 5) is 15.4. The highest BCUT2D eigenvalue weighted by Gasteiger charge is 2.10. The van der Waals surface area contributed by atoms with Crippen LogP contribution in [0.5, 0.6) is 11.6 Å². The van der Waals surface area contributed by atoms with Crippen LogP contribution in [-0.2, 0) is 9.53 Å². The topological polar surface area (TPSA) is 48.4 Å². The second-order valence-electron chi connectivity index (χ2n) is 3.91. The third kappa shape index (κ3) is 3.36. The van der Waals surface area contributed by atoms with E-state index in [1.165, 1.54) is 13.3 Å². The molecule has 2 aromatic rings. The predicted octanol–water partition coefficient (Wildman–Crippen LogP) is 3.71. The van der Waals surface area contributed by atoms with Gasteiger partial charge in [-0.05, 0) is 30.3 Å². The van der Waals surface area contributed by atoms with Gasteiger partial charge in [0.1, 0.15) is 5.75 Å². The van der Waals surface area contributed by atoms with E-state index < -0.39 is 5.97 Å². The Morgan fingerprint density at radius 1 is 1.20 bits per heavy atom. The number of carbonyl (C=O) groups excluding carboxylic acids is 1. The maximum Gasteiger partial charge on any atom is 0.337 e.